The Bertz CT molecular complexity index is 203. The highest BCUT2D eigenvalue weighted by molar-refractivity contribution is 5.82. The molecule has 1 rings (SSSR count). The summed E-state index contributed by atoms with van der Waals surface area (Å²) in [6.45, 7) is 4.49. The van der Waals surface area contributed by atoms with Crippen molar-refractivity contribution in [3.8, 4) is 0 Å². The standard InChI is InChI=1S/C10H17NO2/c1-3-10(8(2)13)11-6-4-5-9(11)7-12/h7,9-10H,3-6H2,1-2H3. The maximum atomic E-state index is 11.3. The van der Waals surface area contributed by atoms with Crippen molar-refractivity contribution in [2.75, 3.05) is 6.54 Å². The number of aldehydes is 1. The molecule has 0 radical (unpaired) electrons. The highest BCUT2D eigenvalue weighted by atomic mass is 16.1. The fourth-order valence-corrected chi connectivity index (χ4v) is 2.10. The van der Waals surface area contributed by atoms with Crippen molar-refractivity contribution >= 4 is 12.1 Å². The number of hydrogen-bond donors (Lipinski definition) is 0. The minimum Gasteiger partial charge on any atom is -0.302 e. The molecule has 0 aromatic carbocycles. The van der Waals surface area contributed by atoms with Gasteiger partial charge in [-0.1, -0.05) is 6.92 Å². The first kappa shape index (κ1) is 10.4. The van der Waals surface area contributed by atoms with Gasteiger partial charge in [0.25, 0.3) is 0 Å². The molecule has 1 heterocycles. The van der Waals surface area contributed by atoms with Crippen LogP contribution in [0.5, 0.6) is 0 Å². The molecule has 0 aromatic heterocycles. The van der Waals surface area contributed by atoms with Crippen molar-refractivity contribution in [3.63, 3.8) is 0 Å². The molecule has 1 fully saturated rings. The van der Waals surface area contributed by atoms with E-state index < -0.39 is 0 Å². The number of ketones is 1. The molecular weight excluding hydrogens is 166 g/mol. The number of hydrogen-bond acceptors (Lipinski definition) is 3. The molecule has 0 amide bonds. The van der Waals surface area contributed by atoms with Crippen LogP contribution in [0.2, 0.25) is 0 Å². The lowest BCUT2D eigenvalue weighted by Crippen LogP contribution is -2.43. The van der Waals surface area contributed by atoms with Gasteiger partial charge in [0.2, 0.25) is 0 Å². The summed E-state index contributed by atoms with van der Waals surface area (Å²) in [5.41, 5.74) is 0. The molecule has 0 bridgehead atoms. The average molecular weight is 183 g/mol. The second-order valence-corrected chi connectivity index (χ2v) is 3.62. The maximum Gasteiger partial charge on any atom is 0.146 e. The molecule has 0 spiro atoms. The van der Waals surface area contributed by atoms with Gasteiger partial charge in [-0.05, 0) is 32.7 Å². The van der Waals surface area contributed by atoms with Gasteiger partial charge in [-0.15, -0.1) is 0 Å². The highest BCUT2D eigenvalue weighted by Crippen LogP contribution is 2.20. The second kappa shape index (κ2) is 4.51. The van der Waals surface area contributed by atoms with Crippen LogP contribution in [0.3, 0.4) is 0 Å². The van der Waals surface area contributed by atoms with Gasteiger partial charge < -0.3 is 4.79 Å². The smallest absolute Gasteiger partial charge is 0.146 e. The van der Waals surface area contributed by atoms with Crippen molar-refractivity contribution in [2.45, 2.75) is 45.2 Å². The average Bonchev–Trinajstić information content (AvgIpc) is 2.53. The molecule has 1 aliphatic rings. The predicted molar refractivity (Wildman–Crippen MR) is 50.6 cm³/mol. The Balaban J connectivity index is 2.67. The Morgan fingerprint density at radius 1 is 1.69 bits per heavy atom. The van der Waals surface area contributed by atoms with Gasteiger partial charge in [-0.25, -0.2) is 0 Å². The normalized spacial score (nSPS) is 25.8. The van der Waals surface area contributed by atoms with Gasteiger partial charge in [0.05, 0.1) is 12.1 Å². The molecule has 0 aromatic rings. The lowest BCUT2D eigenvalue weighted by molar-refractivity contribution is -0.123. The highest BCUT2D eigenvalue weighted by Gasteiger charge is 2.31. The van der Waals surface area contributed by atoms with Crippen molar-refractivity contribution in [2.24, 2.45) is 0 Å². The van der Waals surface area contributed by atoms with Gasteiger partial charge in [-0.3, -0.25) is 9.69 Å². The van der Waals surface area contributed by atoms with Gasteiger partial charge in [0, 0.05) is 0 Å². The minimum absolute atomic E-state index is 0.0196. The second-order valence-electron chi connectivity index (χ2n) is 3.62. The Hall–Kier alpha value is -0.700. The molecule has 0 saturated carbocycles. The van der Waals surface area contributed by atoms with E-state index in [2.05, 4.69) is 0 Å². The van der Waals surface area contributed by atoms with Crippen LogP contribution < -0.4 is 0 Å². The molecule has 1 aliphatic heterocycles. The van der Waals surface area contributed by atoms with E-state index in [1.165, 1.54) is 0 Å². The molecule has 2 atom stereocenters. The number of Topliss-reactive ketones (excluding diaryl/α,β-unsaturated/α-hetero) is 1. The summed E-state index contributed by atoms with van der Waals surface area (Å²) in [6, 6.07) is -0.0634. The summed E-state index contributed by atoms with van der Waals surface area (Å²) in [5.74, 6) is 0.177. The lowest BCUT2D eigenvalue weighted by atomic mass is 10.1. The van der Waals surface area contributed by atoms with Crippen LogP contribution in [0.1, 0.15) is 33.1 Å². The monoisotopic (exact) mass is 183 g/mol. The zero-order chi connectivity index (χ0) is 9.84. The number of carbonyl (C=O) groups excluding carboxylic acids is 2. The third-order valence-electron chi connectivity index (χ3n) is 2.76. The third-order valence-corrected chi connectivity index (χ3v) is 2.76. The van der Waals surface area contributed by atoms with Crippen molar-refractivity contribution in [1.82, 2.24) is 4.90 Å². The molecular formula is C10H17NO2. The zero-order valence-electron chi connectivity index (χ0n) is 8.32. The Labute approximate surface area is 79.1 Å². The SMILES string of the molecule is CCC(C(C)=O)N1CCCC1C=O. The third kappa shape index (κ3) is 2.15. The number of carbonyl (C=O) groups is 2. The molecule has 2 unspecified atom stereocenters. The quantitative estimate of drug-likeness (QED) is 0.611. The lowest BCUT2D eigenvalue weighted by Gasteiger charge is -2.27. The van der Waals surface area contributed by atoms with Crippen LogP contribution in [0.25, 0.3) is 0 Å². The van der Waals surface area contributed by atoms with E-state index in [9.17, 15) is 9.59 Å². The fraction of sp³-hybridized carbons (Fsp3) is 0.800. The number of nitrogens with zero attached hydrogens (tertiary/aromatic N) is 1. The van der Waals surface area contributed by atoms with Gasteiger partial charge in [0.15, 0.2) is 0 Å². The molecule has 0 aliphatic carbocycles. The van der Waals surface area contributed by atoms with Crippen molar-refractivity contribution in [3.05, 3.63) is 0 Å². The van der Waals surface area contributed by atoms with Crippen LogP contribution in [0, 0.1) is 0 Å². The van der Waals surface area contributed by atoms with E-state index in [-0.39, 0.29) is 17.9 Å². The van der Waals surface area contributed by atoms with Crippen LogP contribution in [0.15, 0.2) is 0 Å². The van der Waals surface area contributed by atoms with E-state index >= 15 is 0 Å². The van der Waals surface area contributed by atoms with Gasteiger partial charge in [-0.2, -0.15) is 0 Å². The molecule has 3 heteroatoms. The summed E-state index contributed by atoms with van der Waals surface area (Å²) in [6.07, 6.45) is 3.72. The molecule has 74 valence electrons. The molecule has 0 N–H and O–H groups in total. The first-order valence-corrected chi connectivity index (χ1v) is 4.92. The first-order valence-electron chi connectivity index (χ1n) is 4.92. The van der Waals surface area contributed by atoms with Gasteiger partial charge in [0.1, 0.15) is 12.1 Å². The molecule has 1 saturated heterocycles. The number of rotatable bonds is 4. The van der Waals surface area contributed by atoms with Gasteiger partial charge >= 0.3 is 0 Å². The molecule has 13 heavy (non-hydrogen) atoms. The molecule has 3 nitrogen and oxygen atoms in total. The largest absolute Gasteiger partial charge is 0.302 e. The maximum absolute atomic E-state index is 11.3. The van der Waals surface area contributed by atoms with Crippen LogP contribution in [0.4, 0.5) is 0 Å². The van der Waals surface area contributed by atoms with Crippen LogP contribution in [-0.2, 0) is 9.59 Å². The zero-order valence-corrected chi connectivity index (χ0v) is 8.32. The summed E-state index contributed by atoms with van der Waals surface area (Å²) in [7, 11) is 0. The van der Waals surface area contributed by atoms with Crippen LogP contribution in [-0.4, -0.2) is 35.6 Å². The summed E-state index contributed by atoms with van der Waals surface area (Å²) >= 11 is 0. The van der Waals surface area contributed by atoms with Crippen molar-refractivity contribution < 1.29 is 9.59 Å². The summed E-state index contributed by atoms with van der Waals surface area (Å²) in [4.78, 5) is 24.0. The minimum atomic E-state index is -0.0438. The predicted octanol–water partition coefficient (Wildman–Crippen LogP) is 1.02. The van der Waals surface area contributed by atoms with E-state index in [4.69, 9.17) is 0 Å². The van der Waals surface area contributed by atoms with E-state index in [0.29, 0.717) is 0 Å². The summed E-state index contributed by atoms with van der Waals surface area (Å²) in [5, 5.41) is 0. The van der Waals surface area contributed by atoms with Crippen molar-refractivity contribution in [1.29, 1.82) is 0 Å². The Kier molecular flexibility index (Phi) is 3.60. The Morgan fingerprint density at radius 2 is 2.38 bits per heavy atom. The fourth-order valence-electron chi connectivity index (χ4n) is 2.10. The number of likely N-dealkylation sites (tertiary alicyclic amines) is 1. The van der Waals surface area contributed by atoms with E-state index in [1.807, 2.05) is 11.8 Å². The topological polar surface area (TPSA) is 37.4 Å². The first-order chi connectivity index (χ1) is 6.20. The van der Waals surface area contributed by atoms with Crippen LogP contribution >= 0.6 is 0 Å². The summed E-state index contributed by atoms with van der Waals surface area (Å²) < 4.78 is 0. The Morgan fingerprint density at radius 3 is 2.85 bits per heavy atom. The van der Waals surface area contributed by atoms with E-state index in [1.54, 1.807) is 6.92 Å². The van der Waals surface area contributed by atoms with E-state index in [0.717, 1.165) is 32.1 Å².